The molecule has 0 radical (unpaired) electrons. The molecule has 0 heterocycles. The second kappa shape index (κ2) is 2.80. The number of hydrogen-bond acceptors (Lipinski definition) is 1. The van der Waals surface area contributed by atoms with Crippen LogP contribution in [0.25, 0.3) is 0 Å². The summed E-state index contributed by atoms with van der Waals surface area (Å²) in [4.78, 5) is 10.3. The first-order valence-corrected chi connectivity index (χ1v) is 4.16. The molecule has 0 aliphatic heterocycles. The second-order valence-corrected chi connectivity index (χ2v) is 4.27. The molecule has 0 saturated heterocycles. The standard InChI is InChI=1S/C10H16O/c1-8-6-10(2,3)7-9(8)4-5-11/h5H,4,6-7H2,1-3H3. The van der Waals surface area contributed by atoms with Crippen molar-refractivity contribution in [2.75, 3.05) is 0 Å². The van der Waals surface area contributed by atoms with E-state index in [0.29, 0.717) is 11.8 Å². The molecule has 62 valence electrons. The summed E-state index contributed by atoms with van der Waals surface area (Å²) in [6.07, 6.45) is 3.93. The van der Waals surface area contributed by atoms with E-state index in [4.69, 9.17) is 0 Å². The summed E-state index contributed by atoms with van der Waals surface area (Å²) < 4.78 is 0. The predicted molar refractivity (Wildman–Crippen MR) is 46.4 cm³/mol. The van der Waals surface area contributed by atoms with Crippen molar-refractivity contribution in [1.82, 2.24) is 0 Å². The molecule has 0 unspecified atom stereocenters. The van der Waals surface area contributed by atoms with Crippen molar-refractivity contribution in [1.29, 1.82) is 0 Å². The molecule has 0 aromatic heterocycles. The third-order valence-electron chi connectivity index (χ3n) is 2.37. The van der Waals surface area contributed by atoms with Crippen LogP contribution in [0.1, 0.15) is 40.0 Å². The maximum absolute atomic E-state index is 10.3. The van der Waals surface area contributed by atoms with Gasteiger partial charge in [0.25, 0.3) is 0 Å². The third kappa shape index (κ3) is 1.92. The summed E-state index contributed by atoms with van der Waals surface area (Å²) >= 11 is 0. The van der Waals surface area contributed by atoms with Gasteiger partial charge in [0, 0.05) is 6.42 Å². The number of aldehydes is 1. The summed E-state index contributed by atoms with van der Waals surface area (Å²) in [6, 6.07) is 0. The number of allylic oxidation sites excluding steroid dienone is 2. The lowest BCUT2D eigenvalue weighted by Gasteiger charge is -2.16. The van der Waals surface area contributed by atoms with E-state index in [1.807, 2.05) is 0 Å². The SMILES string of the molecule is CC1=C(CC=O)CC(C)(C)C1. The molecule has 0 aromatic rings. The van der Waals surface area contributed by atoms with Gasteiger partial charge in [0.1, 0.15) is 6.29 Å². The lowest BCUT2D eigenvalue weighted by atomic mass is 9.89. The Morgan fingerprint density at radius 2 is 2.09 bits per heavy atom. The van der Waals surface area contributed by atoms with E-state index in [-0.39, 0.29) is 0 Å². The van der Waals surface area contributed by atoms with Gasteiger partial charge in [-0.25, -0.2) is 0 Å². The normalized spacial score (nSPS) is 22.5. The highest BCUT2D eigenvalue weighted by Gasteiger charge is 2.27. The van der Waals surface area contributed by atoms with E-state index < -0.39 is 0 Å². The quantitative estimate of drug-likeness (QED) is 0.439. The Morgan fingerprint density at radius 1 is 1.45 bits per heavy atom. The van der Waals surface area contributed by atoms with Crippen molar-refractivity contribution < 1.29 is 4.79 Å². The van der Waals surface area contributed by atoms with E-state index in [9.17, 15) is 4.79 Å². The van der Waals surface area contributed by atoms with Crippen LogP contribution in [-0.2, 0) is 4.79 Å². The van der Waals surface area contributed by atoms with Gasteiger partial charge >= 0.3 is 0 Å². The number of hydrogen-bond donors (Lipinski definition) is 0. The number of carbonyl (C=O) groups is 1. The maximum Gasteiger partial charge on any atom is 0.124 e. The average Bonchev–Trinajstić information content (AvgIpc) is 2.07. The van der Waals surface area contributed by atoms with E-state index >= 15 is 0 Å². The van der Waals surface area contributed by atoms with E-state index in [1.54, 1.807) is 0 Å². The van der Waals surface area contributed by atoms with Crippen LogP contribution in [0.15, 0.2) is 11.1 Å². The van der Waals surface area contributed by atoms with E-state index in [1.165, 1.54) is 11.1 Å². The van der Waals surface area contributed by atoms with Crippen LogP contribution in [0.3, 0.4) is 0 Å². The molecule has 0 N–H and O–H groups in total. The minimum absolute atomic E-state index is 0.405. The fraction of sp³-hybridized carbons (Fsp3) is 0.700. The van der Waals surface area contributed by atoms with Crippen LogP contribution in [0, 0.1) is 5.41 Å². The van der Waals surface area contributed by atoms with Gasteiger partial charge in [-0.1, -0.05) is 25.0 Å². The van der Waals surface area contributed by atoms with E-state index in [0.717, 1.165) is 19.1 Å². The average molecular weight is 152 g/mol. The largest absolute Gasteiger partial charge is 0.303 e. The fourth-order valence-electron chi connectivity index (χ4n) is 1.98. The van der Waals surface area contributed by atoms with Gasteiger partial charge in [0.05, 0.1) is 0 Å². The maximum atomic E-state index is 10.3. The van der Waals surface area contributed by atoms with Crippen LogP contribution in [-0.4, -0.2) is 6.29 Å². The molecule has 1 nitrogen and oxygen atoms in total. The van der Waals surface area contributed by atoms with Crippen LogP contribution in [0.5, 0.6) is 0 Å². The molecule has 0 bridgehead atoms. The Hall–Kier alpha value is -0.590. The highest BCUT2D eigenvalue weighted by molar-refractivity contribution is 5.55. The fourth-order valence-corrected chi connectivity index (χ4v) is 1.98. The zero-order valence-corrected chi connectivity index (χ0v) is 7.61. The highest BCUT2D eigenvalue weighted by atomic mass is 16.1. The Bertz CT molecular complexity index is 199. The monoisotopic (exact) mass is 152 g/mol. The van der Waals surface area contributed by atoms with Gasteiger partial charge in [-0.3, -0.25) is 0 Å². The molecule has 0 spiro atoms. The van der Waals surface area contributed by atoms with Crippen molar-refractivity contribution in [3.8, 4) is 0 Å². The molecule has 1 aliphatic rings. The van der Waals surface area contributed by atoms with Gasteiger partial charge < -0.3 is 4.79 Å². The molecular formula is C10H16O. The summed E-state index contributed by atoms with van der Waals surface area (Å²) in [5.74, 6) is 0. The van der Waals surface area contributed by atoms with Gasteiger partial charge in [-0.15, -0.1) is 0 Å². The number of carbonyl (C=O) groups excluding carboxylic acids is 1. The Balaban J connectivity index is 2.66. The van der Waals surface area contributed by atoms with Crippen molar-refractivity contribution >= 4 is 6.29 Å². The molecule has 0 fully saturated rings. The first-order valence-electron chi connectivity index (χ1n) is 4.16. The molecule has 1 aliphatic carbocycles. The Labute approximate surface area is 68.5 Å². The van der Waals surface area contributed by atoms with Gasteiger partial charge in [-0.05, 0) is 25.2 Å². The van der Waals surface area contributed by atoms with Crippen LogP contribution in [0.2, 0.25) is 0 Å². The third-order valence-corrected chi connectivity index (χ3v) is 2.37. The van der Waals surface area contributed by atoms with Gasteiger partial charge in [-0.2, -0.15) is 0 Å². The van der Waals surface area contributed by atoms with Gasteiger partial charge in [0.15, 0.2) is 0 Å². The zero-order chi connectivity index (χ0) is 8.48. The molecule has 0 amide bonds. The molecule has 1 heteroatoms. The summed E-state index contributed by atoms with van der Waals surface area (Å²) in [6.45, 7) is 6.66. The van der Waals surface area contributed by atoms with Crippen molar-refractivity contribution in [2.24, 2.45) is 5.41 Å². The minimum atomic E-state index is 0.405. The minimum Gasteiger partial charge on any atom is -0.303 e. The molecular weight excluding hydrogens is 136 g/mol. The second-order valence-electron chi connectivity index (χ2n) is 4.27. The van der Waals surface area contributed by atoms with Crippen molar-refractivity contribution in [3.05, 3.63) is 11.1 Å². The Morgan fingerprint density at radius 3 is 2.45 bits per heavy atom. The molecule has 1 rings (SSSR count). The topological polar surface area (TPSA) is 17.1 Å². The summed E-state index contributed by atoms with van der Waals surface area (Å²) in [5, 5.41) is 0. The molecule has 0 aromatic carbocycles. The van der Waals surface area contributed by atoms with Crippen LogP contribution < -0.4 is 0 Å². The molecule has 0 saturated carbocycles. The van der Waals surface area contributed by atoms with Crippen LogP contribution in [0.4, 0.5) is 0 Å². The number of rotatable bonds is 2. The first kappa shape index (κ1) is 8.51. The summed E-state index contributed by atoms with van der Waals surface area (Å²) in [5.41, 5.74) is 3.20. The van der Waals surface area contributed by atoms with Gasteiger partial charge in [0.2, 0.25) is 0 Å². The molecule has 0 atom stereocenters. The zero-order valence-electron chi connectivity index (χ0n) is 7.61. The molecule has 11 heavy (non-hydrogen) atoms. The van der Waals surface area contributed by atoms with Crippen molar-refractivity contribution in [3.63, 3.8) is 0 Å². The lowest BCUT2D eigenvalue weighted by Crippen LogP contribution is -2.05. The first-order chi connectivity index (χ1) is 5.05. The highest BCUT2D eigenvalue weighted by Crippen LogP contribution is 2.41. The Kier molecular flexibility index (Phi) is 2.17. The van der Waals surface area contributed by atoms with Crippen LogP contribution >= 0.6 is 0 Å². The van der Waals surface area contributed by atoms with Crippen molar-refractivity contribution in [2.45, 2.75) is 40.0 Å². The lowest BCUT2D eigenvalue weighted by molar-refractivity contribution is -0.107. The smallest absolute Gasteiger partial charge is 0.124 e. The predicted octanol–water partition coefficient (Wildman–Crippen LogP) is 2.71. The summed E-state index contributed by atoms with van der Waals surface area (Å²) in [7, 11) is 0. The van der Waals surface area contributed by atoms with E-state index in [2.05, 4.69) is 20.8 Å².